The standard InChI is InChI=1S/C42H50N6O5S/c1-7-47-32-11-10-24-16-29(32)30(35(47)26-9-8-14-43-33(26)23(3)52-6)18-41(4,5)21-53-39(51)34-28-17-25(28)19-48(46-34)38(50)36(45-37(49)27-15-22(27)2)42(12-13-42)40-44-31(24)20-54-40/h8-11,14,16,20,22-23,25,27-28,34,36,46H,7,12-13,15,17-19,21H2,1-6H3,(H,45,49)/t22-,23?,25-,27-,28-,34-,36-/m0/s1. The Kier molecular flexibility index (Phi) is 8.55. The van der Waals surface area contributed by atoms with Gasteiger partial charge >= 0.3 is 5.97 Å². The molecule has 2 amide bonds. The third-order valence-corrected chi connectivity index (χ3v) is 13.8. The molecule has 11 nitrogen and oxygen atoms in total. The minimum atomic E-state index is -0.785. The molecule has 1 saturated heterocycles. The lowest BCUT2D eigenvalue weighted by molar-refractivity contribution is -0.156. The van der Waals surface area contributed by atoms with Crippen molar-refractivity contribution in [1.82, 2.24) is 30.3 Å². The Bertz CT molecular complexity index is 2170. The number of carbonyl (C=O) groups excluding carboxylic acids is 3. The fourth-order valence-electron chi connectivity index (χ4n) is 9.08. The molecule has 3 saturated carbocycles. The van der Waals surface area contributed by atoms with Crippen molar-refractivity contribution in [3.8, 4) is 22.5 Å². The van der Waals surface area contributed by atoms with Crippen molar-refractivity contribution in [3.05, 3.63) is 58.2 Å². The predicted molar refractivity (Wildman–Crippen MR) is 206 cm³/mol. The lowest BCUT2D eigenvalue weighted by Gasteiger charge is -2.37. The molecule has 5 heterocycles. The summed E-state index contributed by atoms with van der Waals surface area (Å²) in [5.74, 6) is -0.0562. The molecule has 4 fully saturated rings. The van der Waals surface area contributed by atoms with E-state index < -0.39 is 22.9 Å². The van der Waals surface area contributed by atoms with Gasteiger partial charge in [-0.2, -0.15) is 0 Å². The number of amides is 2. The normalized spacial score (nSPS) is 28.6. The number of carbonyl (C=O) groups is 3. The molecule has 3 aromatic heterocycles. The topological polar surface area (TPSA) is 128 Å². The summed E-state index contributed by atoms with van der Waals surface area (Å²) in [5, 5.41) is 8.89. The van der Waals surface area contributed by atoms with Gasteiger partial charge in [0.15, 0.2) is 0 Å². The van der Waals surface area contributed by atoms with Crippen molar-refractivity contribution < 1.29 is 23.9 Å². The zero-order valence-corrected chi connectivity index (χ0v) is 32.8. The number of cyclic esters (lactones) is 1. The first-order valence-electron chi connectivity index (χ1n) is 19.6. The number of methoxy groups -OCH3 is 1. The molecule has 0 radical (unpaired) electrons. The van der Waals surface area contributed by atoms with E-state index in [2.05, 4.69) is 72.7 Å². The number of fused-ring (bicyclic) bond motifs is 9. The molecule has 4 aromatic rings. The number of aryl methyl sites for hydroxylation is 1. The summed E-state index contributed by atoms with van der Waals surface area (Å²) in [7, 11) is 1.71. The number of ether oxygens (including phenoxy) is 2. The lowest BCUT2D eigenvalue weighted by atomic mass is 9.84. The first-order valence-corrected chi connectivity index (χ1v) is 20.4. The van der Waals surface area contributed by atoms with E-state index in [0.717, 1.165) is 81.9 Å². The number of hydrogen-bond acceptors (Lipinski definition) is 9. The van der Waals surface area contributed by atoms with Crippen molar-refractivity contribution >= 4 is 40.0 Å². The van der Waals surface area contributed by atoms with E-state index in [0.29, 0.717) is 18.9 Å². The quantitative estimate of drug-likeness (QED) is 0.223. The summed E-state index contributed by atoms with van der Waals surface area (Å²) in [6.45, 7) is 12.0. The van der Waals surface area contributed by atoms with Crippen molar-refractivity contribution in [2.75, 3.05) is 20.3 Å². The number of nitrogens with one attached hydrogen (secondary N) is 2. The van der Waals surface area contributed by atoms with E-state index in [1.54, 1.807) is 23.5 Å². The number of esters is 1. The summed E-state index contributed by atoms with van der Waals surface area (Å²) >= 11 is 1.56. The fraction of sp³-hybridized carbons (Fsp3) is 0.548. The molecule has 1 spiro atoms. The van der Waals surface area contributed by atoms with Gasteiger partial charge in [0, 0.05) is 65.1 Å². The second-order valence-corrected chi connectivity index (χ2v) is 18.1. The maximum absolute atomic E-state index is 14.6. The number of hydrazine groups is 1. The van der Waals surface area contributed by atoms with Crippen LogP contribution in [0, 0.1) is 29.1 Å². The zero-order chi connectivity index (χ0) is 37.7. The van der Waals surface area contributed by atoms with Gasteiger partial charge in [0.05, 0.1) is 35.2 Å². The van der Waals surface area contributed by atoms with Gasteiger partial charge in [0.1, 0.15) is 17.1 Å². The van der Waals surface area contributed by atoms with Gasteiger partial charge in [0.2, 0.25) is 5.91 Å². The molecule has 2 N–H and O–H groups in total. The average Bonchev–Trinajstić information content (AvgIpc) is 4.14. The van der Waals surface area contributed by atoms with Gasteiger partial charge in [-0.3, -0.25) is 24.4 Å². The zero-order valence-electron chi connectivity index (χ0n) is 32.0. The van der Waals surface area contributed by atoms with Gasteiger partial charge in [-0.1, -0.05) is 26.8 Å². The van der Waals surface area contributed by atoms with Crippen LogP contribution in [0.1, 0.15) is 82.7 Å². The molecule has 12 heteroatoms. The van der Waals surface area contributed by atoms with Crippen LogP contribution in [-0.2, 0) is 42.2 Å². The fourth-order valence-corrected chi connectivity index (χ4v) is 10.2. The maximum atomic E-state index is 14.6. The van der Waals surface area contributed by atoms with E-state index in [1.807, 2.05) is 19.2 Å². The van der Waals surface area contributed by atoms with Gasteiger partial charge in [-0.15, -0.1) is 11.3 Å². The molecule has 1 aromatic carbocycles. The van der Waals surface area contributed by atoms with Crippen LogP contribution in [-0.4, -0.2) is 69.7 Å². The molecule has 1 unspecified atom stereocenters. The second kappa shape index (κ2) is 13.0. The number of benzene rings is 1. The van der Waals surface area contributed by atoms with Gasteiger partial charge in [0.25, 0.3) is 5.91 Å². The predicted octanol–water partition coefficient (Wildman–Crippen LogP) is 6.20. The van der Waals surface area contributed by atoms with Crippen LogP contribution >= 0.6 is 11.3 Å². The summed E-state index contributed by atoms with van der Waals surface area (Å²) in [6, 6.07) is 9.26. The van der Waals surface area contributed by atoms with Crippen LogP contribution in [0.4, 0.5) is 0 Å². The van der Waals surface area contributed by atoms with Crippen LogP contribution in [0.25, 0.3) is 33.4 Å². The highest BCUT2D eigenvalue weighted by molar-refractivity contribution is 7.10. The third-order valence-electron chi connectivity index (χ3n) is 12.8. The highest BCUT2D eigenvalue weighted by atomic mass is 32.1. The Morgan fingerprint density at radius 3 is 2.72 bits per heavy atom. The Hall–Kier alpha value is -4.13. The van der Waals surface area contributed by atoms with E-state index in [4.69, 9.17) is 19.4 Å². The molecule has 284 valence electrons. The number of pyridine rings is 1. The molecule has 5 aliphatic rings. The SMILES string of the molecule is CCn1c(-c2cccnc2C(C)OC)c2c3cc(ccc31)-c1csc(n1)C1(CC1)[C@@H](NC(=O)[C@H]1C[C@@H]1C)C(=O)N1C[C@@H]3C[C@@H]3[C@H](N1)C(=O)OCC(C)(C)C2. The van der Waals surface area contributed by atoms with Crippen LogP contribution < -0.4 is 10.7 Å². The largest absolute Gasteiger partial charge is 0.464 e. The molecule has 2 aliphatic heterocycles. The Morgan fingerprint density at radius 1 is 1.20 bits per heavy atom. The molecule has 3 aliphatic carbocycles. The second-order valence-electron chi connectivity index (χ2n) is 17.2. The third kappa shape index (κ3) is 5.96. The highest BCUT2D eigenvalue weighted by Crippen LogP contribution is 2.54. The Balaban J connectivity index is 1.20. The summed E-state index contributed by atoms with van der Waals surface area (Å²) < 4.78 is 14.4. The van der Waals surface area contributed by atoms with E-state index in [-0.39, 0.29) is 48.2 Å². The van der Waals surface area contributed by atoms with Gasteiger partial charge in [-0.25, -0.2) is 10.4 Å². The average molecular weight is 751 g/mol. The highest BCUT2D eigenvalue weighted by Gasteiger charge is 2.60. The number of rotatable bonds is 6. The maximum Gasteiger partial charge on any atom is 0.325 e. The summed E-state index contributed by atoms with van der Waals surface area (Å²) in [6.07, 6.45) is 5.41. The van der Waals surface area contributed by atoms with Crippen LogP contribution in [0.15, 0.2) is 41.9 Å². The minimum absolute atomic E-state index is 0.0727. The molecular weight excluding hydrogens is 701 g/mol. The van der Waals surface area contributed by atoms with Crippen molar-refractivity contribution in [3.63, 3.8) is 0 Å². The van der Waals surface area contributed by atoms with Gasteiger partial charge < -0.3 is 19.4 Å². The Labute approximate surface area is 320 Å². The molecule has 54 heavy (non-hydrogen) atoms. The van der Waals surface area contributed by atoms with Gasteiger partial charge in [-0.05, 0) is 93.5 Å². The Morgan fingerprint density at radius 2 is 2.00 bits per heavy atom. The van der Waals surface area contributed by atoms with E-state index in [9.17, 15) is 14.4 Å². The molecule has 6 bridgehead atoms. The minimum Gasteiger partial charge on any atom is -0.464 e. The van der Waals surface area contributed by atoms with E-state index in [1.165, 1.54) is 0 Å². The van der Waals surface area contributed by atoms with E-state index >= 15 is 0 Å². The van der Waals surface area contributed by atoms with Crippen LogP contribution in [0.3, 0.4) is 0 Å². The van der Waals surface area contributed by atoms with Crippen molar-refractivity contribution in [2.45, 2.75) is 96.9 Å². The summed E-state index contributed by atoms with van der Waals surface area (Å²) in [5.41, 5.74) is 9.35. The number of hydrogen-bond donors (Lipinski definition) is 2. The van der Waals surface area contributed by atoms with Crippen molar-refractivity contribution in [1.29, 1.82) is 0 Å². The summed E-state index contributed by atoms with van der Waals surface area (Å²) in [4.78, 5) is 52.2. The number of aromatic nitrogens is 3. The number of nitrogens with zero attached hydrogens (tertiary/aromatic N) is 4. The van der Waals surface area contributed by atoms with Crippen molar-refractivity contribution in [2.24, 2.45) is 29.1 Å². The van der Waals surface area contributed by atoms with Crippen LogP contribution in [0.2, 0.25) is 0 Å². The molecular formula is C42H50N6O5S. The first-order chi connectivity index (χ1) is 25.9. The number of thiazole rings is 1. The molecule has 7 atom stereocenters. The molecule has 9 rings (SSSR count). The first kappa shape index (κ1) is 35.6. The smallest absolute Gasteiger partial charge is 0.325 e. The lowest BCUT2D eigenvalue weighted by Crippen LogP contribution is -2.63. The monoisotopic (exact) mass is 750 g/mol. The van der Waals surface area contributed by atoms with Crippen LogP contribution in [0.5, 0.6) is 0 Å².